The van der Waals surface area contributed by atoms with Crippen molar-refractivity contribution >= 4 is 15.8 Å². The molecule has 0 amide bonds. The van der Waals surface area contributed by atoms with E-state index in [-0.39, 0.29) is 23.7 Å². The zero-order chi connectivity index (χ0) is 28.7. The largest absolute Gasteiger partial charge is 0.494 e. The average molecular weight is 566 g/mol. The summed E-state index contributed by atoms with van der Waals surface area (Å²) in [7, 11) is -3.32. The molecule has 0 radical (unpaired) electrons. The summed E-state index contributed by atoms with van der Waals surface area (Å²) < 4.78 is 51.3. The first-order valence-electron chi connectivity index (χ1n) is 13.0. The molecule has 9 heteroatoms. The van der Waals surface area contributed by atoms with Crippen molar-refractivity contribution in [2.24, 2.45) is 0 Å². The summed E-state index contributed by atoms with van der Waals surface area (Å²) >= 11 is 0. The molecular formula is C31H32FNO6S. The summed E-state index contributed by atoms with van der Waals surface area (Å²) in [5, 5.41) is 8.69. The van der Waals surface area contributed by atoms with Gasteiger partial charge in [-0.25, -0.2) is 12.8 Å². The van der Waals surface area contributed by atoms with Crippen LogP contribution < -0.4 is 9.47 Å². The molecule has 0 aliphatic heterocycles. The molecule has 7 nitrogen and oxygen atoms in total. The summed E-state index contributed by atoms with van der Waals surface area (Å²) in [6.07, 6.45) is 3.58. The van der Waals surface area contributed by atoms with Gasteiger partial charge in [-0.05, 0) is 98.5 Å². The second-order valence-corrected chi connectivity index (χ2v) is 11.6. The molecule has 1 N–H and O–H groups in total. The van der Waals surface area contributed by atoms with Crippen LogP contribution in [-0.2, 0) is 21.2 Å². The van der Waals surface area contributed by atoms with Crippen molar-refractivity contribution in [1.82, 2.24) is 4.57 Å². The molecule has 0 fully saturated rings. The normalized spacial score (nSPS) is 11.4. The SMILES string of the molecule is Cc1c(COc2ccc(OCCCCCC(=O)O)cc2)cc(-c2ccc(S(C)(=O)=O)cc2)n1-c1ccc(F)cc1. The topological polar surface area (TPSA) is 94.8 Å². The molecule has 3 aromatic carbocycles. The van der Waals surface area contributed by atoms with Crippen molar-refractivity contribution in [3.63, 3.8) is 0 Å². The molecule has 0 saturated heterocycles. The maximum Gasteiger partial charge on any atom is 0.303 e. The quantitative estimate of drug-likeness (QED) is 0.184. The van der Waals surface area contributed by atoms with Crippen LogP contribution in [0.5, 0.6) is 11.5 Å². The minimum absolute atomic E-state index is 0.176. The highest BCUT2D eigenvalue weighted by molar-refractivity contribution is 7.90. The number of nitrogens with zero attached hydrogens (tertiary/aromatic N) is 1. The lowest BCUT2D eigenvalue weighted by Crippen LogP contribution is -2.02. The Balaban J connectivity index is 1.48. The molecule has 0 saturated carbocycles. The van der Waals surface area contributed by atoms with Crippen molar-refractivity contribution in [2.75, 3.05) is 12.9 Å². The molecule has 0 aliphatic carbocycles. The molecule has 1 aromatic heterocycles. The van der Waals surface area contributed by atoms with Gasteiger partial charge in [-0.3, -0.25) is 4.79 Å². The van der Waals surface area contributed by atoms with Gasteiger partial charge in [0.05, 0.1) is 17.2 Å². The predicted octanol–water partition coefficient (Wildman–Crippen LogP) is 6.60. The molecule has 40 heavy (non-hydrogen) atoms. The number of aromatic nitrogens is 1. The highest BCUT2D eigenvalue weighted by atomic mass is 32.2. The van der Waals surface area contributed by atoms with E-state index >= 15 is 0 Å². The van der Waals surface area contributed by atoms with Gasteiger partial charge in [0.25, 0.3) is 0 Å². The summed E-state index contributed by atoms with van der Waals surface area (Å²) in [6.45, 7) is 2.77. The number of carboxylic acid groups (broad SMARTS) is 1. The van der Waals surface area contributed by atoms with Crippen LogP contribution in [0.25, 0.3) is 16.9 Å². The molecule has 0 unspecified atom stereocenters. The number of unbranched alkanes of at least 4 members (excludes halogenated alkanes) is 2. The summed E-state index contributed by atoms with van der Waals surface area (Å²) in [5.74, 6) is 0.269. The molecule has 1 heterocycles. The van der Waals surface area contributed by atoms with Gasteiger partial charge < -0.3 is 19.1 Å². The third-order valence-electron chi connectivity index (χ3n) is 6.54. The molecule has 0 spiro atoms. The molecule has 4 rings (SSSR count). The average Bonchev–Trinajstić information content (AvgIpc) is 3.26. The van der Waals surface area contributed by atoms with Crippen molar-refractivity contribution < 1.29 is 32.2 Å². The van der Waals surface area contributed by atoms with Crippen molar-refractivity contribution in [3.8, 4) is 28.4 Å². The highest BCUT2D eigenvalue weighted by Gasteiger charge is 2.17. The van der Waals surface area contributed by atoms with E-state index in [1.54, 1.807) is 36.4 Å². The highest BCUT2D eigenvalue weighted by Crippen LogP contribution is 2.31. The third kappa shape index (κ3) is 7.51. The Kier molecular flexibility index (Phi) is 9.26. The number of halogens is 1. The maximum atomic E-state index is 13.7. The third-order valence-corrected chi connectivity index (χ3v) is 7.67. The van der Waals surface area contributed by atoms with E-state index in [1.807, 2.05) is 41.8 Å². The van der Waals surface area contributed by atoms with Crippen LogP contribution in [0.3, 0.4) is 0 Å². The van der Waals surface area contributed by atoms with E-state index in [0.717, 1.165) is 41.0 Å². The molecule has 0 atom stereocenters. The number of ether oxygens (including phenoxy) is 2. The molecular weight excluding hydrogens is 533 g/mol. The number of sulfone groups is 1. The lowest BCUT2D eigenvalue weighted by molar-refractivity contribution is -0.137. The first-order chi connectivity index (χ1) is 19.1. The molecule has 0 bridgehead atoms. The van der Waals surface area contributed by atoms with Gasteiger partial charge in [-0.2, -0.15) is 0 Å². The minimum atomic E-state index is -3.32. The van der Waals surface area contributed by atoms with Crippen LogP contribution in [0.15, 0.2) is 83.8 Å². The van der Waals surface area contributed by atoms with Gasteiger partial charge in [-0.1, -0.05) is 12.1 Å². The minimum Gasteiger partial charge on any atom is -0.494 e. The Bertz CT molecular complexity index is 1540. The second kappa shape index (κ2) is 12.8. The first kappa shape index (κ1) is 28.9. The van der Waals surface area contributed by atoms with Crippen LogP contribution in [-0.4, -0.2) is 36.9 Å². The van der Waals surface area contributed by atoms with E-state index in [2.05, 4.69) is 0 Å². The monoisotopic (exact) mass is 565 g/mol. The standard InChI is InChI=1S/C31H32FNO6S/c1-22-24(21-39-28-15-13-27(14-16-28)38-19-5-3-4-6-31(34)35)20-30(33(22)26-11-9-25(32)10-12-26)23-7-17-29(18-8-23)40(2,36)37/h7-18,20H,3-6,19,21H2,1-2H3,(H,34,35). The van der Waals surface area contributed by atoms with Crippen LogP contribution in [0.4, 0.5) is 4.39 Å². The Labute approximate surface area is 233 Å². The van der Waals surface area contributed by atoms with Gasteiger partial charge >= 0.3 is 5.97 Å². The fourth-order valence-corrected chi connectivity index (χ4v) is 4.98. The number of hydrogen-bond acceptors (Lipinski definition) is 5. The van der Waals surface area contributed by atoms with Gasteiger partial charge in [-0.15, -0.1) is 0 Å². The van der Waals surface area contributed by atoms with E-state index < -0.39 is 15.8 Å². The fraction of sp³-hybridized carbons (Fsp3) is 0.258. The van der Waals surface area contributed by atoms with Crippen molar-refractivity contribution in [3.05, 3.63) is 95.9 Å². The number of hydrogen-bond donors (Lipinski definition) is 1. The summed E-state index contributed by atoms with van der Waals surface area (Å²) in [4.78, 5) is 10.8. The fourth-order valence-electron chi connectivity index (χ4n) is 4.35. The van der Waals surface area contributed by atoms with E-state index in [0.29, 0.717) is 24.5 Å². The number of rotatable bonds is 13. The number of aliphatic carboxylic acids is 1. The predicted molar refractivity (Wildman–Crippen MR) is 151 cm³/mol. The Morgan fingerprint density at radius 3 is 2.10 bits per heavy atom. The smallest absolute Gasteiger partial charge is 0.303 e. The first-order valence-corrected chi connectivity index (χ1v) is 14.9. The van der Waals surface area contributed by atoms with E-state index in [9.17, 15) is 17.6 Å². The van der Waals surface area contributed by atoms with Gasteiger partial charge in [0.15, 0.2) is 9.84 Å². The lowest BCUT2D eigenvalue weighted by atomic mass is 10.1. The summed E-state index contributed by atoms with van der Waals surface area (Å²) in [6, 6.07) is 22.2. The zero-order valence-corrected chi connectivity index (χ0v) is 23.3. The van der Waals surface area contributed by atoms with Crippen LogP contribution in [0.2, 0.25) is 0 Å². The zero-order valence-electron chi connectivity index (χ0n) is 22.5. The molecule has 0 aliphatic rings. The van der Waals surface area contributed by atoms with E-state index in [1.165, 1.54) is 18.4 Å². The molecule has 210 valence electrons. The molecule has 4 aromatic rings. The van der Waals surface area contributed by atoms with Crippen molar-refractivity contribution in [2.45, 2.75) is 44.1 Å². The van der Waals surface area contributed by atoms with E-state index in [4.69, 9.17) is 14.6 Å². The Hall–Kier alpha value is -4.11. The Morgan fingerprint density at radius 1 is 0.875 bits per heavy atom. The van der Waals surface area contributed by atoms with Crippen LogP contribution in [0, 0.1) is 12.7 Å². The van der Waals surface area contributed by atoms with Gasteiger partial charge in [0, 0.05) is 29.6 Å². The maximum absolute atomic E-state index is 13.7. The van der Waals surface area contributed by atoms with Gasteiger partial charge in [0.2, 0.25) is 0 Å². The lowest BCUT2D eigenvalue weighted by Gasteiger charge is -2.13. The number of carboxylic acids is 1. The second-order valence-electron chi connectivity index (χ2n) is 9.56. The van der Waals surface area contributed by atoms with Crippen molar-refractivity contribution in [1.29, 1.82) is 0 Å². The summed E-state index contributed by atoms with van der Waals surface area (Å²) in [5.41, 5.74) is 4.26. The Morgan fingerprint density at radius 2 is 1.50 bits per heavy atom. The van der Waals surface area contributed by atoms with Gasteiger partial charge in [0.1, 0.15) is 23.9 Å². The number of benzene rings is 3. The number of carbonyl (C=O) groups is 1. The van der Waals surface area contributed by atoms with Crippen LogP contribution >= 0.6 is 0 Å². The van der Waals surface area contributed by atoms with Crippen LogP contribution in [0.1, 0.15) is 36.9 Å².